The molecule has 0 aromatic heterocycles. The van der Waals surface area contributed by atoms with Crippen LogP contribution in [-0.2, 0) is 0 Å². The van der Waals surface area contributed by atoms with Crippen molar-refractivity contribution in [1.29, 1.82) is 0 Å². The molecule has 0 saturated carbocycles. The number of aliphatic hydroxyl groups is 1. The van der Waals surface area contributed by atoms with Gasteiger partial charge in [-0.3, -0.25) is 0 Å². The second-order valence-corrected chi connectivity index (χ2v) is 5.73. The van der Waals surface area contributed by atoms with Crippen LogP contribution in [0.15, 0.2) is 30.4 Å². The summed E-state index contributed by atoms with van der Waals surface area (Å²) in [4.78, 5) is 0. The van der Waals surface area contributed by atoms with Gasteiger partial charge < -0.3 is 14.9 Å². The summed E-state index contributed by atoms with van der Waals surface area (Å²) >= 11 is 0. The fraction of sp³-hybridized carbons (Fsp3) is 0.579. The van der Waals surface area contributed by atoms with E-state index in [0.717, 1.165) is 37.0 Å². The normalized spacial score (nSPS) is 12.7. The Balaban J connectivity index is 2.39. The van der Waals surface area contributed by atoms with E-state index in [-0.39, 0.29) is 11.7 Å². The van der Waals surface area contributed by atoms with Gasteiger partial charge in [-0.25, -0.2) is 0 Å². The molecule has 1 unspecified atom stereocenters. The second-order valence-electron chi connectivity index (χ2n) is 5.73. The van der Waals surface area contributed by atoms with Crippen molar-refractivity contribution < 1.29 is 14.9 Å². The van der Waals surface area contributed by atoms with Gasteiger partial charge in [-0.05, 0) is 38.0 Å². The Bertz CT molecular complexity index is 440. The van der Waals surface area contributed by atoms with Crippen LogP contribution in [0.5, 0.6) is 11.5 Å². The average molecular weight is 306 g/mol. The maximum atomic E-state index is 9.67. The molecule has 0 aliphatic rings. The Morgan fingerprint density at radius 2 is 1.77 bits per heavy atom. The highest BCUT2D eigenvalue weighted by molar-refractivity contribution is 5.43. The van der Waals surface area contributed by atoms with E-state index in [9.17, 15) is 5.11 Å². The van der Waals surface area contributed by atoms with Crippen molar-refractivity contribution >= 4 is 0 Å². The first-order chi connectivity index (χ1) is 10.7. The van der Waals surface area contributed by atoms with Crippen molar-refractivity contribution in [2.75, 3.05) is 13.2 Å². The predicted octanol–water partition coefficient (Wildman–Crippen LogP) is 4.78. The average Bonchev–Trinajstić information content (AvgIpc) is 2.51. The Labute approximate surface area is 134 Å². The zero-order valence-corrected chi connectivity index (χ0v) is 13.9. The minimum absolute atomic E-state index is 0.227. The molecular weight excluding hydrogens is 276 g/mol. The van der Waals surface area contributed by atoms with E-state index < -0.39 is 0 Å². The summed E-state index contributed by atoms with van der Waals surface area (Å²) in [5.41, 5.74) is 1.03. The third-order valence-corrected chi connectivity index (χ3v) is 3.78. The highest BCUT2D eigenvalue weighted by Crippen LogP contribution is 2.31. The molecule has 22 heavy (non-hydrogen) atoms. The van der Waals surface area contributed by atoms with Gasteiger partial charge >= 0.3 is 0 Å². The topological polar surface area (TPSA) is 49.7 Å². The molecule has 0 bridgehead atoms. The molecule has 0 radical (unpaired) electrons. The van der Waals surface area contributed by atoms with Gasteiger partial charge in [-0.15, -0.1) is 0 Å². The highest BCUT2D eigenvalue weighted by Gasteiger charge is 2.10. The number of aromatic hydroxyl groups is 1. The molecule has 0 aliphatic carbocycles. The van der Waals surface area contributed by atoms with E-state index >= 15 is 0 Å². The summed E-state index contributed by atoms with van der Waals surface area (Å²) < 4.78 is 5.90. The van der Waals surface area contributed by atoms with E-state index in [1.54, 1.807) is 12.1 Å². The molecule has 1 aromatic rings. The molecule has 0 saturated heterocycles. The number of ether oxygens (including phenoxy) is 1. The summed E-state index contributed by atoms with van der Waals surface area (Å²) in [5.74, 6) is 1.37. The molecule has 1 rings (SSSR count). The molecule has 124 valence electrons. The lowest BCUT2D eigenvalue weighted by Crippen LogP contribution is -2.02. The van der Waals surface area contributed by atoms with Crippen molar-refractivity contribution in [1.82, 2.24) is 0 Å². The number of unbranched alkanes of at least 4 members (excludes halogenated alkanes) is 5. The fourth-order valence-corrected chi connectivity index (χ4v) is 2.52. The van der Waals surface area contributed by atoms with Crippen LogP contribution in [-0.4, -0.2) is 23.4 Å². The Hall–Kier alpha value is -1.48. The SMILES string of the molecule is CC=CC(C)c1cc(O)ccc1OCCCCCCCCO. The standard InChI is InChI=1S/C19H30O3/c1-3-10-16(2)18-15-17(21)11-12-19(18)22-14-9-7-5-4-6-8-13-20/h3,10-12,15-16,20-21H,4-9,13-14H2,1-2H3. The second kappa shape index (κ2) is 11.1. The van der Waals surface area contributed by atoms with Crippen LogP contribution in [0, 0.1) is 0 Å². The molecule has 1 atom stereocenters. The maximum Gasteiger partial charge on any atom is 0.123 e. The van der Waals surface area contributed by atoms with Crippen LogP contribution in [0.4, 0.5) is 0 Å². The molecule has 1 aromatic carbocycles. The largest absolute Gasteiger partial charge is 0.508 e. The monoisotopic (exact) mass is 306 g/mol. The van der Waals surface area contributed by atoms with Crippen molar-refractivity contribution in [3.63, 3.8) is 0 Å². The van der Waals surface area contributed by atoms with E-state index in [1.165, 1.54) is 12.8 Å². The van der Waals surface area contributed by atoms with Gasteiger partial charge in [0.2, 0.25) is 0 Å². The lowest BCUT2D eigenvalue weighted by Gasteiger charge is -2.15. The Kier molecular flexibility index (Phi) is 9.40. The first-order valence-electron chi connectivity index (χ1n) is 8.38. The van der Waals surface area contributed by atoms with Gasteiger partial charge in [0.05, 0.1) is 6.61 Å². The summed E-state index contributed by atoms with van der Waals surface area (Å²) in [6, 6.07) is 5.32. The van der Waals surface area contributed by atoms with Crippen LogP contribution in [0.3, 0.4) is 0 Å². The minimum Gasteiger partial charge on any atom is -0.508 e. The lowest BCUT2D eigenvalue weighted by atomic mass is 9.99. The quantitative estimate of drug-likeness (QED) is 0.457. The summed E-state index contributed by atoms with van der Waals surface area (Å²) in [7, 11) is 0. The van der Waals surface area contributed by atoms with Crippen LogP contribution >= 0.6 is 0 Å². The van der Waals surface area contributed by atoms with Crippen molar-refractivity contribution in [2.45, 2.75) is 58.3 Å². The molecule has 3 heteroatoms. The van der Waals surface area contributed by atoms with Gasteiger partial charge in [-0.1, -0.05) is 44.8 Å². The molecule has 0 spiro atoms. The van der Waals surface area contributed by atoms with Gasteiger partial charge in [0.25, 0.3) is 0 Å². The van der Waals surface area contributed by atoms with Crippen LogP contribution in [0.1, 0.15) is 63.9 Å². The predicted molar refractivity (Wildman–Crippen MR) is 91.6 cm³/mol. The van der Waals surface area contributed by atoms with E-state index in [4.69, 9.17) is 9.84 Å². The number of benzene rings is 1. The van der Waals surface area contributed by atoms with Gasteiger partial charge in [0, 0.05) is 18.1 Å². The van der Waals surface area contributed by atoms with E-state index in [1.807, 2.05) is 19.1 Å². The van der Waals surface area contributed by atoms with Gasteiger partial charge in [0.15, 0.2) is 0 Å². The van der Waals surface area contributed by atoms with Crippen molar-refractivity contribution in [3.05, 3.63) is 35.9 Å². The van der Waals surface area contributed by atoms with Gasteiger partial charge in [0.1, 0.15) is 11.5 Å². The number of hydrogen-bond acceptors (Lipinski definition) is 3. The number of aliphatic hydroxyl groups excluding tert-OH is 1. The molecular formula is C19H30O3. The zero-order valence-electron chi connectivity index (χ0n) is 13.9. The van der Waals surface area contributed by atoms with Crippen molar-refractivity contribution in [2.24, 2.45) is 0 Å². The van der Waals surface area contributed by atoms with Crippen molar-refractivity contribution in [3.8, 4) is 11.5 Å². The first kappa shape index (κ1) is 18.6. The van der Waals surface area contributed by atoms with E-state index in [2.05, 4.69) is 13.0 Å². The number of hydrogen-bond donors (Lipinski definition) is 2. The minimum atomic E-state index is 0.227. The smallest absolute Gasteiger partial charge is 0.123 e. The molecule has 0 heterocycles. The summed E-state index contributed by atoms with van der Waals surface area (Å²) in [5, 5.41) is 18.4. The lowest BCUT2D eigenvalue weighted by molar-refractivity contribution is 0.280. The Morgan fingerprint density at radius 1 is 1.09 bits per heavy atom. The number of rotatable bonds is 11. The molecule has 2 N–H and O–H groups in total. The highest BCUT2D eigenvalue weighted by atomic mass is 16.5. The third kappa shape index (κ3) is 6.99. The number of phenols is 1. The van der Waals surface area contributed by atoms with Gasteiger partial charge in [-0.2, -0.15) is 0 Å². The molecule has 0 aliphatic heterocycles. The maximum absolute atomic E-state index is 9.67. The molecule has 0 fully saturated rings. The first-order valence-corrected chi connectivity index (χ1v) is 8.38. The fourth-order valence-electron chi connectivity index (χ4n) is 2.52. The summed E-state index contributed by atoms with van der Waals surface area (Å²) in [6.45, 7) is 5.11. The third-order valence-electron chi connectivity index (χ3n) is 3.78. The zero-order chi connectivity index (χ0) is 16.2. The number of allylic oxidation sites excluding steroid dienone is 2. The molecule has 3 nitrogen and oxygen atoms in total. The van der Waals surface area contributed by atoms with Crippen LogP contribution in [0.25, 0.3) is 0 Å². The number of phenolic OH excluding ortho intramolecular Hbond substituents is 1. The van der Waals surface area contributed by atoms with E-state index in [0.29, 0.717) is 13.2 Å². The molecule has 0 amide bonds. The van der Waals surface area contributed by atoms with Crippen LogP contribution < -0.4 is 4.74 Å². The summed E-state index contributed by atoms with van der Waals surface area (Å²) in [6.07, 6.45) is 10.7. The Morgan fingerprint density at radius 3 is 2.45 bits per heavy atom. The van der Waals surface area contributed by atoms with Crippen LogP contribution in [0.2, 0.25) is 0 Å².